The molecule has 0 saturated heterocycles. The van der Waals surface area contributed by atoms with Crippen LogP contribution in [0, 0.1) is 5.41 Å². The Labute approximate surface area is 228 Å². The highest BCUT2D eigenvalue weighted by Gasteiger charge is 2.32. The fraction of sp³-hybridized carbons (Fsp3) is 0.571. The van der Waals surface area contributed by atoms with Gasteiger partial charge in [0.25, 0.3) is 0 Å². The minimum absolute atomic E-state index is 0.00804. The number of aliphatic carboxylic acids is 1. The largest absolute Gasteiger partial charge is 0.479 e. The van der Waals surface area contributed by atoms with E-state index >= 15 is 0 Å². The smallest absolute Gasteiger partial charge is 0.334 e. The van der Waals surface area contributed by atoms with Crippen LogP contribution in [-0.2, 0) is 24.0 Å². The van der Waals surface area contributed by atoms with Crippen molar-refractivity contribution in [2.24, 2.45) is 11.5 Å². The molecule has 1 aromatic heterocycles. The number of carboxylic acids is 1. The third-order valence-corrected chi connectivity index (χ3v) is 5.93. The monoisotopic (exact) mass is 566 g/mol. The van der Waals surface area contributed by atoms with Gasteiger partial charge in [0.1, 0.15) is 24.2 Å². The number of nitrogens with one attached hydrogen (secondary N) is 6. The van der Waals surface area contributed by atoms with E-state index in [2.05, 4.69) is 41.9 Å². The molecule has 2 rings (SSSR count). The van der Waals surface area contributed by atoms with Crippen LogP contribution in [-0.4, -0.2) is 115 Å². The number of hydrogen-bond acceptors (Lipinski definition) is 11. The molecule has 4 amide bonds. The van der Waals surface area contributed by atoms with Crippen molar-refractivity contribution >= 4 is 35.6 Å². The van der Waals surface area contributed by atoms with E-state index in [0.29, 0.717) is 12.1 Å². The van der Waals surface area contributed by atoms with Gasteiger partial charge in [-0.15, -0.1) is 5.10 Å². The Balaban J connectivity index is 2.03. The third kappa shape index (κ3) is 8.70. The summed E-state index contributed by atoms with van der Waals surface area (Å²) >= 11 is 0. The lowest BCUT2D eigenvalue weighted by molar-refractivity contribution is -0.142. The molecule has 2 heterocycles. The van der Waals surface area contributed by atoms with E-state index in [9.17, 15) is 34.2 Å². The maximum absolute atomic E-state index is 13.1. The number of amides is 4. The second kappa shape index (κ2) is 13.9. The first-order valence-electron chi connectivity index (χ1n) is 12.1. The summed E-state index contributed by atoms with van der Waals surface area (Å²) in [5.74, 6) is -5.03. The highest BCUT2D eigenvalue weighted by Crippen LogP contribution is 2.15. The molecule has 0 saturated carbocycles. The number of aliphatic hydroxyl groups is 1. The van der Waals surface area contributed by atoms with Crippen molar-refractivity contribution in [3.63, 3.8) is 0 Å². The van der Waals surface area contributed by atoms with Gasteiger partial charge in [0.05, 0.1) is 6.10 Å². The lowest BCUT2D eigenvalue weighted by atomic mass is 10.0. The Morgan fingerprint density at radius 3 is 2.15 bits per heavy atom. The number of aromatic nitrogens is 4. The second-order valence-corrected chi connectivity index (χ2v) is 9.19. The van der Waals surface area contributed by atoms with Crippen LogP contribution < -0.4 is 32.7 Å². The van der Waals surface area contributed by atoms with Gasteiger partial charge in [0.2, 0.25) is 23.6 Å². The zero-order chi connectivity index (χ0) is 30.1. The molecule has 40 heavy (non-hydrogen) atoms. The normalized spacial score (nSPS) is 17.3. The number of rotatable bonds is 13. The number of tetrazole rings is 1. The number of carbonyl (C=O) groups excluding carboxylic acids is 4. The second-order valence-electron chi connectivity index (χ2n) is 9.19. The molecule has 1 aromatic rings. The van der Waals surface area contributed by atoms with Crippen LogP contribution >= 0.6 is 0 Å². The summed E-state index contributed by atoms with van der Waals surface area (Å²) in [6.07, 6.45) is 0.563. The number of carboxylic acid groups (broad SMARTS) is 1. The molecule has 0 spiro atoms. The van der Waals surface area contributed by atoms with E-state index in [0.717, 1.165) is 0 Å². The molecule has 0 bridgehead atoms. The molecular weight excluding hydrogens is 532 g/mol. The molecule has 6 atom stereocenters. The number of aromatic amines is 1. The summed E-state index contributed by atoms with van der Waals surface area (Å²) in [6, 6.07) is -6.51. The average molecular weight is 567 g/mol. The van der Waals surface area contributed by atoms with Crippen LogP contribution in [0.5, 0.6) is 0 Å². The summed E-state index contributed by atoms with van der Waals surface area (Å²) in [4.78, 5) is 63.7. The molecule has 19 nitrogen and oxygen atoms in total. The Morgan fingerprint density at radius 2 is 1.65 bits per heavy atom. The van der Waals surface area contributed by atoms with Gasteiger partial charge >= 0.3 is 5.97 Å². The number of guanidine groups is 1. The van der Waals surface area contributed by atoms with Gasteiger partial charge < -0.3 is 47.8 Å². The average Bonchev–Trinajstić information content (AvgIpc) is 3.58. The minimum atomic E-state index is -1.60. The summed E-state index contributed by atoms with van der Waals surface area (Å²) in [6.45, 7) is 4.54. The van der Waals surface area contributed by atoms with Crippen LogP contribution in [0.3, 0.4) is 0 Å². The van der Waals surface area contributed by atoms with Crippen molar-refractivity contribution < 1.29 is 34.2 Å². The molecule has 1 aliphatic rings. The van der Waals surface area contributed by atoms with Gasteiger partial charge in [-0.3, -0.25) is 24.6 Å². The maximum Gasteiger partial charge on any atom is 0.334 e. The fourth-order valence-electron chi connectivity index (χ4n) is 3.49. The van der Waals surface area contributed by atoms with Crippen molar-refractivity contribution in [3.05, 3.63) is 17.5 Å². The Bertz CT molecular complexity index is 1140. The van der Waals surface area contributed by atoms with E-state index in [-0.39, 0.29) is 24.7 Å². The number of H-pyrrole nitrogens is 1. The summed E-state index contributed by atoms with van der Waals surface area (Å²) in [7, 11) is 0. The zero-order valence-electron chi connectivity index (χ0n) is 22.0. The Morgan fingerprint density at radius 1 is 1.05 bits per heavy atom. The van der Waals surface area contributed by atoms with Crippen LogP contribution in [0.25, 0.3) is 0 Å². The van der Waals surface area contributed by atoms with Crippen LogP contribution in [0.1, 0.15) is 39.1 Å². The molecule has 0 radical (unpaired) electrons. The first-order chi connectivity index (χ1) is 18.7. The fourth-order valence-corrected chi connectivity index (χ4v) is 3.49. The molecule has 19 heteroatoms. The topological polar surface area (TPSA) is 308 Å². The van der Waals surface area contributed by atoms with Gasteiger partial charge in [-0.25, -0.2) is 9.89 Å². The molecule has 1 aliphatic heterocycles. The number of carbonyl (C=O) groups is 5. The summed E-state index contributed by atoms with van der Waals surface area (Å²) in [5, 5.41) is 48.2. The van der Waals surface area contributed by atoms with E-state index in [1.165, 1.54) is 25.7 Å². The van der Waals surface area contributed by atoms with Crippen molar-refractivity contribution in [3.8, 4) is 0 Å². The number of nitrogens with zero attached hydrogens (tertiary/aromatic N) is 4. The molecule has 0 fully saturated rings. The van der Waals surface area contributed by atoms with Gasteiger partial charge in [0, 0.05) is 13.1 Å². The number of hydrogen-bond donors (Lipinski definition) is 10. The minimum Gasteiger partial charge on any atom is -0.479 e. The summed E-state index contributed by atoms with van der Waals surface area (Å²) in [5.41, 5.74) is 11.9. The zero-order valence-corrected chi connectivity index (χ0v) is 22.0. The molecule has 0 aromatic carbocycles. The quantitative estimate of drug-likeness (QED) is 0.0609. The lowest BCUT2D eigenvalue weighted by Crippen LogP contribution is -2.58. The van der Waals surface area contributed by atoms with Crippen molar-refractivity contribution in [1.82, 2.24) is 46.8 Å². The molecule has 0 aliphatic carbocycles. The van der Waals surface area contributed by atoms with E-state index in [1.807, 2.05) is 0 Å². The van der Waals surface area contributed by atoms with Crippen molar-refractivity contribution in [2.45, 2.75) is 63.5 Å². The van der Waals surface area contributed by atoms with Crippen molar-refractivity contribution in [2.75, 3.05) is 13.1 Å². The summed E-state index contributed by atoms with van der Waals surface area (Å²) < 4.78 is 0. The molecule has 220 valence electrons. The Hall–Kier alpha value is -4.65. The van der Waals surface area contributed by atoms with Gasteiger partial charge in [-0.05, 0) is 37.6 Å². The van der Waals surface area contributed by atoms with Crippen LogP contribution in [0.2, 0.25) is 0 Å². The van der Waals surface area contributed by atoms with Crippen LogP contribution in [0.4, 0.5) is 0 Å². The highest BCUT2D eigenvalue weighted by molar-refractivity contribution is 5.95. The Kier molecular flexibility index (Phi) is 11.0. The van der Waals surface area contributed by atoms with Gasteiger partial charge in [-0.2, -0.15) is 0 Å². The first-order valence-corrected chi connectivity index (χ1v) is 12.1. The SMILES string of the molecule is CC(NC(=O)C(C)NC(=O)C(CC1=CCN(C(=N)N)C1)NC(=O)C(N)C(C)O)C(=O)NC(C(=O)O)c1nnn[nH]1. The predicted molar refractivity (Wildman–Crippen MR) is 136 cm³/mol. The number of aliphatic hydroxyl groups excluding tert-OH is 1. The standard InChI is InChI=1S/C21H34N12O7/c1-8(16(35)25-9(2)17(36)28-14(20(39)40)15-29-31-32-30-15)26-18(37)12(27-19(38)13(22)10(3)34)6-11-4-5-33(7-11)21(23)24/h4,8-10,12-14,34H,5-7,22H2,1-3H3,(H3,23,24)(H,25,35)(H,26,37)(H,27,38)(H,28,36)(H,39,40)(H,29,30,31,32). The predicted octanol–water partition coefficient (Wildman–Crippen LogP) is -4.83. The molecule has 6 unspecified atom stereocenters. The van der Waals surface area contributed by atoms with E-state index in [1.54, 1.807) is 6.08 Å². The van der Waals surface area contributed by atoms with Gasteiger partial charge in [-0.1, -0.05) is 11.6 Å². The van der Waals surface area contributed by atoms with Crippen molar-refractivity contribution in [1.29, 1.82) is 5.41 Å². The maximum atomic E-state index is 13.1. The van der Waals surface area contributed by atoms with Crippen LogP contribution in [0.15, 0.2) is 11.6 Å². The lowest BCUT2D eigenvalue weighted by Gasteiger charge is -2.25. The highest BCUT2D eigenvalue weighted by atomic mass is 16.4. The van der Waals surface area contributed by atoms with Gasteiger partial charge in [0.15, 0.2) is 17.8 Å². The van der Waals surface area contributed by atoms with E-state index < -0.39 is 65.9 Å². The molecule has 12 N–H and O–H groups in total. The number of nitrogens with two attached hydrogens (primary N) is 2. The van der Waals surface area contributed by atoms with E-state index in [4.69, 9.17) is 16.9 Å². The third-order valence-electron chi connectivity index (χ3n) is 5.93. The first kappa shape index (κ1) is 31.6. The molecular formula is C21H34N12O7.